The molecular formula is C21H18O2. The third-order valence-corrected chi connectivity index (χ3v) is 3.63. The van der Waals surface area contributed by atoms with Gasteiger partial charge in [0.15, 0.2) is 5.78 Å². The Bertz CT molecular complexity index is 862. The van der Waals surface area contributed by atoms with Gasteiger partial charge in [-0.25, -0.2) is 0 Å². The second kappa shape index (κ2) is 6.93. The molecule has 0 N–H and O–H groups in total. The highest BCUT2D eigenvalue weighted by atomic mass is 16.5. The van der Waals surface area contributed by atoms with Gasteiger partial charge in [-0.1, -0.05) is 54.6 Å². The van der Waals surface area contributed by atoms with Crippen molar-refractivity contribution in [2.24, 2.45) is 0 Å². The molecule has 2 nitrogen and oxygen atoms in total. The number of ketones is 1. The Labute approximate surface area is 136 Å². The lowest BCUT2D eigenvalue weighted by Crippen LogP contribution is -1.97. The lowest BCUT2D eigenvalue weighted by atomic mass is 10.1. The summed E-state index contributed by atoms with van der Waals surface area (Å²) in [6.07, 6.45) is 3.46. The van der Waals surface area contributed by atoms with Crippen LogP contribution in [0, 0.1) is 0 Å². The van der Waals surface area contributed by atoms with Gasteiger partial charge in [-0.2, -0.15) is 0 Å². The molecule has 23 heavy (non-hydrogen) atoms. The predicted molar refractivity (Wildman–Crippen MR) is 94.9 cm³/mol. The molecule has 0 unspecified atom stereocenters. The first-order valence-corrected chi connectivity index (χ1v) is 7.70. The van der Waals surface area contributed by atoms with E-state index in [1.54, 1.807) is 18.2 Å². The highest BCUT2D eigenvalue weighted by Gasteiger charge is 2.03. The number of benzene rings is 3. The Morgan fingerprint density at radius 3 is 2.61 bits per heavy atom. The number of fused-ring (bicyclic) bond motifs is 1. The van der Waals surface area contributed by atoms with Crippen LogP contribution in [0.5, 0.6) is 5.75 Å². The predicted octanol–water partition coefficient (Wildman–Crippen LogP) is 5.13. The van der Waals surface area contributed by atoms with Gasteiger partial charge in [0, 0.05) is 5.56 Å². The molecule has 0 spiro atoms. The van der Waals surface area contributed by atoms with E-state index in [1.807, 2.05) is 43.3 Å². The van der Waals surface area contributed by atoms with Gasteiger partial charge in [0.2, 0.25) is 0 Å². The Hall–Kier alpha value is -2.87. The summed E-state index contributed by atoms with van der Waals surface area (Å²) in [6.45, 7) is 2.51. The molecule has 0 saturated carbocycles. The van der Waals surface area contributed by atoms with Crippen LogP contribution in [-0.4, -0.2) is 12.4 Å². The largest absolute Gasteiger partial charge is 0.494 e. The molecule has 0 aliphatic carbocycles. The first kappa shape index (κ1) is 15.0. The van der Waals surface area contributed by atoms with Gasteiger partial charge in [-0.05, 0) is 47.5 Å². The molecule has 0 heterocycles. The van der Waals surface area contributed by atoms with E-state index in [0.717, 1.165) is 11.3 Å². The van der Waals surface area contributed by atoms with Crippen molar-refractivity contribution >= 4 is 22.6 Å². The molecule has 2 heteroatoms. The lowest BCUT2D eigenvalue weighted by molar-refractivity contribution is 0.104. The van der Waals surface area contributed by atoms with E-state index in [2.05, 4.69) is 24.3 Å². The molecule has 0 radical (unpaired) electrons. The van der Waals surface area contributed by atoms with Gasteiger partial charge < -0.3 is 4.74 Å². The zero-order valence-electron chi connectivity index (χ0n) is 13.0. The van der Waals surface area contributed by atoms with E-state index in [1.165, 1.54) is 10.8 Å². The molecule has 3 aromatic carbocycles. The molecule has 0 saturated heterocycles. The fraction of sp³-hybridized carbons (Fsp3) is 0.0952. The number of rotatable bonds is 5. The van der Waals surface area contributed by atoms with Crippen molar-refractivity contribution in [3.63, 3.8) is 0 Å². The topological polar surface area (TPSA) is 26.3 Å². The van der Waals surface area contributed by atoms with Crippen LogP contribution < -0.4 is 4.74 Å². The van der Waals surface area contributed by atoms with Crippen LogP contribution in [0.4, 0.5) is 0 Å². The van der Waals surface area contributed by atoms with Crippen molar-refractivity contribution in [2.45, 2.75) is 6.92 Å². The van der Waals surface area contributed by atoms with Gasteiger partial charge in [-0.3, -0.25) is 4.79 Å². The normalized spacial score (nSPS) is 11.0. The second-order valence-corrected chi connectivity index (χ2v) is 5.27. The minimum Gasteiger partial charge on any atom is -0.494 e. The van der Waals surface area contributed by atoms with E-state index in [0.29, 0.717) is 12.2 Å². The number of hydrogen-bond donors (Lipinski definition) is 0. The van der Waals surface area contributed by atoms with Crippen molar-refractivity contribution in [3.05, 3.63) is 83.9 Å². The summed E-state index contributed by atoms with van der Waals surface area (Å²) >= 11 is 0. The maximum absolute atomic E-state index is 12.3. The maximum Gasteiger partial charge on any atom is 0.185 e. The monoisotopic (exact) mass is 302 g/mol. The summed E-state index contributed by atoms with van der Waals surface area (Å²) < 4.78 is 5.43. The minimum absolute atomic E-state index is 0.0280. The van der Waals surface area contributed by atoms with E-state index >= 15 is 0 Å². The van der Waals surface area contributed by atoms with Crippen LogP contribution in [0.1, 0.15) is 22.8 Å². The van der Waals surface area contributed by atoms with Gasteiger partial charge in [0.25, 0.3) is 0 Å². The summed E-state index contributed by atoms with van der Waals surface area (Å²) in [5.41, 5.74) is 1.64. The van der Waals surface area contributed by atoms with Crippen molar-refractivity contribution in [2.75, 3.05) is 6.61 Å². The minimum atomic E-state index is -0.0280. The van der Waals surface area contributed by atoms with Crippen molar-refractivity contribution < 1.29 is 9.53 Å². The number of ether oxygens (including phenoxy) is 1. The summed E-state index contributed by atoms with van der Waals surface area (Å²) in [5, 5.41) is 2.36. The Kier molecular flexibility index (Phi) is 4.53. The molecule has 0 fully saturated rings. The molecule has 0 aliphatic rings. The van der Waals surface area contributed by atoms with Crippen LogP contribution in [0.3, 0.4) is 0 Å². The Morgan fingerprint density at radius 1 is 0.957 bits per heavy atom. The molecule has 0 amide bonds. The summed E-state index contributed by atoms with van der Waals surface area (Å²) in [7, 11) is 0. The third-order valence-electron chi connectivity index (χ3n) is 3.63. The van der Waals surface area contributed by atoms with Gasteiger partial charge in [0.1, 0.15) is 5.75 Å². The van der Waals surface area contributed by atoms with Crippen LogP contribution in [0.25, 0.3) is 16.8 Å². The molecule has 0 aromatic heterocycles. The lowest BCUT2D eigenvalue weighted by Gasteiger charge is -2.04. The van der Waals surface area contributed by atoms with E-state index in [4.69, 9.17) is 4.74 Å². The summed E-state index contributed by atoms with van der Waals surface area (Å²) in [6, 6.07) is 21.6. The maximum atomic E-state index is 12.3. The SMILES string of the molecule is CCOc1cccc(C(=O)/C=C/c2ccc3ccccc3c2)c1. The molecule has 114 valence electrons. The third kappa shape index (κ3) is 3.67. The zero-order chi connectivity index (χ0) is 16.1. The molecular weight excluding hydrogens is 284 g/mol. The van der Waals surface area contributed by atoms with Crippen LogP contribution >= 0.6 is 0 Å². The van der Waals surface area contributed by atoms with Gasteiger partial charge in [0.05, 0.1) is 6.61 Å². The first-order valence-electron chi connectivity index (χ1n) is 7.70. The van der Waals surface area contributed by atoms with Gasteiger partial charge >= 0.3 is 0 Å². The fourth-order valence-corrected chi connectivity index (χ4v) is 2.49. The standard InChI is InChI=1S/C21H18O2/c1-2-23-20-9-5-8-19(15-20)21(22)13-11-16-10-12-17-6-3-4-7-18(17)14-16/h3-15H,2H2,1H3/b13-11+. The Balaban J connectivity index is 1.80. The highest BCUT2D eigenvalue weighted by Crippen LogP contribution is 2.18. The number of allylic oxidation sites excluding steroid dienone is 1. The molecule has 3 rings (SSSR count). The van der Waals surface area contributed by atoms with Crippen LogP contribution in [-0.2, 0) is 0 Å². The fourth-order valence-electron chi connectivity index (χ4n) is 2.49. The average molecular weight is 302 g/mol. The van der Waals surface area contributed by atoms with Gasteiger partial charge in [-0.15, -0.1) is 0 Å². The van der Waals surface area contributed by atoms with Crippen LogP contribution in [0.15, 0.2) is 72.8 Å². The average Bonchev–Trinajstić information content (AvgIpc) is 2.60. The van der Waals surface area contributed by atoms with Crippen molar-refractivity contribution in [1.29, 1.82) is 0 Å². The zero-order valence-corrected chi connectivity index (χ0v) is 13.0. The molecule has 3 aromatic rings. The van der Waals surface area contributed by atoms with Crippen molar-refractivity contribution in [3.8, 4) is 5.75 Å². The van der Waals surface area contributed by atoms with E-state index in [9.17, 15) is 4.79 Å². The number of carbonyl (C=O) groups is 1. The molecule has 0 atom stereocenters. The quantitative estimate of drug-likeness (QED) is 0.482. The first-order chi connectivity index (χ1) is 11.3. The van der Waals surface area contributed by atoms with E-state index in [-0.39, 0.29) is 5.78 Å². The van der Waals surface area contributed by atoms with Crippen molar-refractivity contribution in [1.82, 2.24) is 0 Å². The molecule has 0 bridgehead atoms. The molecule has 0 aliphatic heterocycles. The highest BCUT2D eigenvalue weighted by molar-refractivity contribution is 6.07. The smallest absolute Gasteiger partial charge is 0.185 e. The number of carbonyl (C=O) groups excluding carboxylic acids is 1. The summed E-state index contributed by atoms with van der Waals surface area (Å²) in [5.74, 6) is 0.692. The second-order valence-electron chi connectivity index (χ2n) is 5.27. The van der Waals surface area contributed by atoms with Crippen LogP contribution in [0.2, 0.25) is 0 Å². The van der Waals surface area contributed by atoms with E-state index < -0.39 is 0 Å². The summed E-state index contributed by atoms with van der Waals surface area (Å²) in [4.78, 5) is 12.3. The number of hydrogen-bond acceptors (Lipinski definition) is 2. The Morgan fingerprint density at radius 2 is 1.78 bits per heavy atom.